The maximum absolute atomic E-state index is 11.0. The van der Waals surface area contributed by atoms with Crippen molar-refractivity contribution in [1.82, 2.24) is 0 Å². The van der Waals surface area contributed by atoms with Crippen molar-refractivity contribution in [2.45, 2.75) is 31.7 Å². The summed E-state index contributed by atoms with van der Waals surface area (Å²) in [6.45, 7) is 2.20. The first-order valence-electron chi connectivity index (χ1n) is 6.32. The van der Waals surface area contributed by atoms with Crippen LogP contribution in [-0.4, -0.2) is 25.2 Å². The minimum Gasteiger partial charge on any atom is -0.493 e. The molecule has 0 spiro atoms. The van der Waals surface area contributed by atoms with Crippen LogP contribution in [0.5, 0.6) is 11.5 Å². The number of carbonyl (C=O) groups is 1. The fraction of sp³-hybridized carbons (Fsp3) is 0.500. The van der Waals surface area contributed by atoms with Gasteiger partial charge in [0.1, 0.15) is 0 Å². The van der Waals surface area contributed by atoms with E-state index in [1.54, 1.807) is 14.0 Å². The highest BCUT2D eigenvalue weighted by Crippen LogP contribution is 2.26. The van der Waals surface area contributed by atoms with Crippen molar-refractivity contribution in [1.29, 1.82) is 0 Å². The summed E-state index contributed by atoms with van der Waals surface area (Å²) in [6, 6.07) is 7.48. The van der Waals surface area contributed by atoms with Gasteiger partial charge in [-0.3, -0.25) is 4.79 Å². The largest absolute Gasteiger partial charge is 0.493 e. The van der Waals surface area contributed by atoms with Gasteiger partial charge in [0.15, 0.2) is 11.5 Å². The number of unbranched alkanes of at least 4 members (excludes halogenated alkanes) is 1. The van der Waals surface area contributed by atoms with E-state index in [2.05, 4.69) is 0 Å². The molecule has 0 heterocycles. The molecular formula is C14H22N2O3. The third-order valence-electron chi connectivity index (χ3n) is 2.98. The Bertz CT molecular complexity index is 419. The van der Waals surface area contributed by atoms with Gasteiger partial charge in [-0.25, -0.2) is 0 Å². The highest BCUT2D eigenvalue weighted by atomic mass is 16.5. The van der Waals surface area contributed by atoms with Gasteiger partial charge < -0.3 is 20.9 Å². The van der Waals surface area contributed by atoms with E-state index in [1.165, 1.54) is 0 Å². The van der Waals surface area contributed by atoms with E-state index in [-0.39, 0.29) is 0 Å². The molecule has 1 rings (SSSR count). The zero-order valence-electron chi connectivity index (χ0n) is 11.5. The topological polar surface area (TPSA) is 87.6 Å². The molecule has 1 amide bonds. The average molecular weight is 266 g/mol. The molecule has 0 saturated carbocycles. The predicted molar refractivity (Wildman–Crippen MR) is 74.1 cm³/mol. The third-order valence-corrected chi connectivity index (χ3v) is 2.98. The molecule has 1 aromatic rings. The molecule has 0 aliphatic rings. The predicted octanol–water partition coefficient (Wildman–Crippen LogP) is 1.45. The molecule has 19 heavy (non-hydrogen) atoms. The monoisotopic (exact) mass is 266 g/mol. The first-order valence-corrected chi connectivity index (χ1v) is 6.32. The van der Waals surface area contributed by atoms with Crippen molar-refractivity contribution < 1.29 is 14.3 Å². The number of hydrogen-bond acceptors (Lipinski definition) is 4. The van der Waals surface area contributed by atoms with E-state index >= 15 is 0 Å². The quantitative estimate of drug-likeness (QED) is 0.697. The molecule has 5 nitrogen and oxygen atoms in total. The van der Waals surface area contributed by atoms with Crippen LogP contribution >= 0.6 is 0 Å². The minimum atomic E-state index is -0.940. The second kappa shape index (κ2) is 6.99. The fourth-order valence-electron chi connectivity index (χ4n) is 1.64. The summed E-state index contributed by atoms with van der Waals surface area (Å²) < 4.78 is 10.8. The number of ether oxygens (including phenoxy) is 2. The molecule has 5 heteroatoms. The van der Waals surface area contributed by atoms with Crippen LogP contribution in [0.25, 0.3) is 0 Å². The molecule has 0 aliphatic carbocycles. The normalized spacial score (nSPS) is 13.6. The van der Waals surface area contributed by atoms with Crippen molar-refractivity contribution in [2.24, 2.45) is 11.5 Å². The highest BCUT2D eigenvalue weighted by molar-refractivity contribution is 5.83. The summed E-state index contributed by atoms with van der Waals surface area (Å²) >= 11 is 0. The Balaban J connectivity index is 2.30. The Morgan fingerprint density at radius 3 is 2.47 bits per heavy atom. The molecule has 1 atom stereocenters. The second-order valence-corrected chi connectivity index (χ2v) is 4.74. The zero-order valence-corrected chi connectivity index (χ0v) is 11.5. The van der Waals surface area contributed by atoms with Gasteiger partial charge >= 0.3 is 0 Å². The summed E-state index contributed by atoms with van der Waals surface area (Å²) in [4.78, 5) is 11.0. The van der Waals surface area contributed by atoms with Gasteiger partial charge in [0, 0.05) is 0 Å². The van der Waals surface area contributed by atoms with Crippen molar-refractivity contribution in [3.8, 4) is 11.5 Å². The molecule has 106 valence electrons. The Morgan fingerprint density at radius 2 is 1.89 bits per heavy atom. The van der Waals surface area contributed by atoms with E-state index < -0.39 is 11.4 Å². The molecule has 1 aromatic carbocycles. The van der Waals surface area contributed by atoms with Crippen molar-refractivity contribution in [2.75, 3.05) is 13.7 Å². The maximum atomic E-state index is 11.0. The van der Waals surface area contributed by atoms with Crippen LogP contribution in [0.3, 0.4) is 0 Å². The molecule has 0 saturated heterocycles. The van der Waals surface area contributed by atoms with Gasteiger partial charge in [0.2, 0.25) is 5.91 Å². The molecular weight excluding hydrogens is 244 g/mol. The number of primary amides is 1. The first-order chi connectivity index (χ1) is 8.97. The maximum Gasteiger partial charge on any atom is 0.237 e. The number of hydrogen-bond donors (Lipinski definition) is 2. The van der Waals surface area contributed by atoms with Crippen LogP contribution in [0.1, 0.15) is 26.2 Å². The summed E-state index contributed by atoms with van der Waals surface area (Å²) in [7, 11) is 1.61. The second-order valence-electron chi connectivity index (χ2n) is 4.74. The summed E-state index contributed by atoms with van der Waals surface area (Å²) in [5.41, 5.74) is 10.0. The standard InChI is InChI=1S/C14H22N2O3/c1-14(16,13(15)17)9-5-6-10-19-12-8-4-3-7-11(12)18-2/h3-4,7-8H,5-6,9-10,16H2,1-2H3,(H2,15,17). The van der Waals surface area contributed by atoms with E-state index in [1.807, 2.05) is 24.3 Å². The zero-order chi connectivity index (χ0) is 14.3. The van der Waals surface area contributed by atoms with Gasteiger partial charge in [0.05, 0.1) is 19.3 Å². The lowest BCUT2D eigenvalue weighted by atomic mass is 9.96. The number of benzene rings is 1. The van der Waals surface area contributed by atoms with Crippen LogP contribution < -0.4 is 20.9 Å². The molecule has 0 bridgehead atoms. The van der Waals surface area contributed by atoms with Gasteiger partial charge in [-0.15, -0.1) is 0 Å². The van der Waals surface area contributed by atoms with E-state index in [9.17, 15) is 4.79 Å². The van der Waals surface area contributed by atoms with Crippen LogP contribution in [0.4, 0.5) is 0 Å². The number of para-hydroxylation sites is 2. The van der Waals surface area contributed by atoms with Crippen molar-refractivity contribution in [3.05, 3.63) is 24.3 Å². The van der Waals surface area contributed by atoms with E-state index in [4.69, 9.17) is 20.9 Å². The third kappa shape index (κ3) is 4.79. The number of nitrogens with two attached hydrogens (primary N) is 2. The highest BCUT2D eigenvalue weighted by Gasteiger charge is 2.24. The van der Waals surface area contributed by atoms with Crippen molar-refractivity contribution in [3.63, 3.8) is 0 Å². The summed E-state index contributed by atoms with van der Waals surface area (Å²) in [5, 5.41) is 0. The molecule has 0 aliphatic heterocycles. The van der Waals surface area contributed by atoms with Gasteiger partial charge in [-0.05, 0) is 38.3 Å². The molecule has 1 unspecified atom stereocenters. The van der Waals surface area contributed by atoms with Crippen molar-refractivity contribution >= 4 is 5.91 Å². The van der Waals surface area contributed by atoms with Gasteiger partial charge in [-0.1, -0.05) is 12.1 Å². The van der Waals surface area contributed by atoms with Crippen LogP contribution in [-0.2, 0) is 4.79 Å². The number of carbonyl (C=O) groups excluding carboxylic acids is 1. The Morgan fingerprint density at radius 1 is 1.26 bits per heavy atom. The van der Waals surface area contributed by atoms with Gasteiger partial charge in [-0.2, -0.15) is 0 Å². The Hall–Kier alpha value is -1.75. The molecule has 4 N–H and O–H groups in total. The number of methoxy groups -OCH3 is 1. The summed E-state index contributed by atoms with van der Waals surface area (Å²) in [6.07, 6.45) is 2.14. The van der Waals surface area contributed by atoms with Crippen LogP contribution in [0.15, 0.2) is 24.3 Å². The lowest BCUT2D eigenvalue weighted by Gasteiger charge is -2.20. The van der Waals surface area contributed by atoms with E-state index in [0.29, 0.717) is 18.8 Å². The minimum absolute atomic E-state index is 0.474. The molecule has 0 fully saturated rings. The molecule has 0 aromatic heterocycles. The van der Waals surface area contributed by atoms with Crippen LogP contribution in [0, 0.1) is 0 Å². The Labute approximate surface area is 113 Å². The first kappa shape index (κ1) is 15.3. The van der Waals surface area contributed by atoms with Crippen LogP contribution in [0.2, 0.25) is 0 Å². The van der Waals surface area contributed by atoms with Gasteiger partial charge in [0.25, 0.3) is 0 Å². The number of amides is 1. The lowest BCUT2D eigenvalue weighted by molar-refractivity contribution is -0.122. The SMILES string of the molecule is COc1ccccc1OCCCCC(C)(N)C(N)=O. The molecule has 0 radical (unpaired) electrons. The summed E-state index contributed by atoms with van der Waals surface area (Å²) in [5.74, 6) is 0.955. The Kier molecular flexibility index (Phi) is 5.63. The fourth-order valence-corrected chi connectivity index (χ4v) is 1.64. The lowest BCUT2D eigenvalue weighted by Crippen LogP contribution is -2.49. The van der Waals surface area contributed by atoms with E-state index in [0.717, 1.165) is 18.6 Å². The average Bonchev–Trinajstić information content (AvgIpc) is 2.38. The smallest absolute Gasteiger partial charge is 0.237 e. The number of rotatable bonds is 8.